The molecule has 1 fully saturated rings. The smallest absolute Gasteiger partial charge is 0.407 e. The lowest BCUT2D eigenvalue weighted by atomic mass is 10.0. The fraction of sp³-hybridized carbons (Fsp3) is 0.480. The van der Waals surface area contributed by atoms with Gasteiger partial charge in [0.2, 0.25) is 0 Å². The molecule has 0 atom stereocenters. The Morgan fingerprint density at radius 1 is 1.08 bits per heavy atom. The van der Waals surface area contributed by atoms with Gasteiger partial charge in [0.15, 0.2) is 17.1 Å². The van der Waals surface area contributed by atoms with Gasteiger partial charge in [-0.25, -0.2) is 14.8 Å². The highest BCUT2D eigenvalue weighted by Crippen LogP contribution is 2.30. The topological polar surface area (TPSA) is 132 Å². The van der Waals surface area contributed by atoms with E-state index >= 15 is 0 Å². The molecule has 12 heteroatoms. The molecule has 0 aromatic carbocycles. The van der Waals surface area contributed by atoms with Crippen LogP contribution < -0.4 is 19.8 Å². The summed E-state index contributed by atoms with van der Waals surface area (Å²) in [5, 5.41) is 9.93. The predicted octanol–water partition coefficient (Wildman–Crippen LogP) is 2.00. The van der Waals surface area contributed by atoms with E-state index in [0.717, 1.165) is 19.5 Å². The summed E-state index contributed by atoms with van der Waals surface area (Å²) in [5.74, 6) is 1.76. The zero-order chi connectivity index (χ0) is 25.8. The van der Waals surface area contributed by atoms with Crippen LogP contribution in [0.5, 0.6) is 17.2 Å². The summed E-state index contributed by atoms with van der Waals surface area (Å²) in [4.78, 5) is 41.1. The van der Waals surface area contributed by atoms with Gasteiger partial charge < -0.3 is 28.8 Å². The first-order chi connectivity index (χ1) is 18.0. The molecule has 1 N–H and O–H groups in total. The summed E-state index contributed by atoms with van der Waals surface area (Å²) in [6.07, 6.45) is 5.67. The number of fused-ring (bicyclic) bond motifs is 2. The summed E-state index contributed by atoms with van der Waals surface area (Å²) < 4.78 is 18.3. The molecule has 3 aromatic rings. The van der Waals surface area contributed by atoms with Crippen LogP contribution in [0.1, 0.15) is 25.0 Å². The Bertz CT molecular complexity index is 1320. The van der Waals surface area contributed by atoms with Gasteiger partial charge in [0.1, 0.15) is 5.75 Å². The predicted molar refractivity (Wildman–Crippen MR) is 133 cm³/mol. The third-order valence-corrected chi connectivity index (χ3v) is 6.82. The van der Waals surface area contributed by atoms with Gasteiger partial charge in [0, 0.05) is 50.8 Å². The SMILES string of the molecule is COc1cnc2ncc(=O)n(CCN3CCC(N(Cc4cc5c(cn4)OCCCO5)C(=O)O)CC3)c2c1. The molecule has 196 valence electrons. The quantitative estimate of drug-likeness (QED) is 0.503. The van der Waals surface area contributed by atoms with Crippen LogP contribution in [-0.4, -0.2) is 86.5 Å². The molecule has 1 saturated heterocycles. The van der Waals surface area contributed by atoms with Crippen molar-refractivity contribution in [3.05, 3.63) is 46.8 Å². The van der Waals surface area contributed by atoms with Gasteiger partial charge in [-0.05, 0) is 12.8 Å². The minimum atomic E-state index is -0.969. The van der Waals surface area contributed by atoms with Crippen molar-refractivity contribution in [1.29, 1.82) is 0 Å². The number of piperidine rings is 1. The Balaban J connectivity index is 1.21. The average Bonchev–Trinajstić information content (AvgIpc) is 3.16. The van der Waals surface area contributed by atoms with Crippen LogP contribution in [0.2, 0.25) is 0 Å². The number of methoxy groups -OCH3 is 1. The van der Waals surface area contributed by atoms with Crippen molar-refractivity contribution in [3.8, 4) is 17.2 Å². The van der Waals surface area contributed by atoms with Gasteiger partial charge in [-0.1, -0.05) is 0 Å². The third kappa shape index (κ3) is 5.58. The number of rotatable bonds is 7. The van der Waals surface area contributed by atoms with Crippen molar-refractivity contribution >= 4 is 17.3 Å². The second-order valence-corrected chi connectivity index (χ2v) is 9.12. The Morgan fingerprint density at radius 2 is 1.84 bits per heavy atom. The highest BCUT2D eigenvalue weighted by Gasteiger charge is 2.28. The molecule has 0 spiro atoms. The van der Waals surface area contributed by atoms with Gasteiger partial charge in [-0.2, -0.15) is 0 Å². The van der Waals surface area contributed by atoms with E-state index in [0.29, 0.717) is 73.3 Å². The largest absolute Gasteiger partial charge is 0.495 e. The van der Waals surface area contributed by atoms with Crippen molar-refractivity contribution in [2.45, 2.75) is 38.4 Å². The van der Waals surface area contributed by atoms with Gasteiger partial charge in [0.25, 0.3) is 5.56 Å². The molecule has 5 heterocycles. The van der Waals surface area contributed by atoms with E-state index in [1.165, 1.54) is 11.1 Å². The molecule has 5 rings (SSSR count). The number of carbonyl (C=O) groups is 1. The number of amides is 1. The minimum absolute atomic E-state index is 0.121. The van der Waals surface area contributed by atoms with Crippen LogP contribution in [-0.2, 0) is 13.1 Å². The maximum atomic E-state index is 12.5. The summed E-state index contributed by atoms with van der Waals surface area (Å²) in [5.41, 5.74) is 1.54. The second kappa shape index (κ2) is 11.0. The highest BCUT2D eigenvalue weighted by molar-refractivity contribution is 5.71. The summed E-state index contributed by atoms with van der Waals surface area (Å²) in [7, 11) is 1.55. The molecule has 2 aliphatic rings. The first kappa shape index (κ1) is 24.8. The molecule has 1 amide bonds. The minimum Gasteiger partial charge on any atom is -0.495 e. The molecule has 0 aliphatic carbocycles. The third-order valence-electron chi connectivity index (χ3n) is 6.82. The number of ether oxygens (including phenoxy) is 3. The number of hydrogen-bond acceptors (Lipinski definition) is 9. The molecule has 12 nitrogen and oxygen atoms in total. The monoisotopic (exact) mass is 510 g/mol. The van der Waals surface area contributed by atoms with Crippen LogP contribution in [0.4, 0.5) is 4.79 Å². The maximum absolute atomic E-state index is 12.5. The first-order valence-corrected chi connectivity index (χ1v) is 12.4. The molecule has 0 bridgehead atoms. The van der Waals surface area contributed by atoms with Gasteiger partial charge in [0.05, 0.1) is 56.7 Å². The van der Waals surface area contributed by atoms with Gasteiger partial charge in [-0.15, -0.1) is 0 Å². The second-order valence-electron chi connectivity index (χ2n) is 9.12. The lowest BCUT2D eigenvalue weighted by molar-refractivity contribution is 0.0850. The number of aromatic nitrogens is 4. The van der Waals surface area contributed by atoms with Crippen molar-refractivity contribution in [2.75, 3.05) is 40.0 Å². The van der Waals surface area contributed by atoms with Crippen LogP contribution in [0.25, 0.3) is 11.2 Å². The first-order valence-electron chi connectivity index (χ1n) is 12.4. The van der Waals surface area contributed by atoms with E-state index in [1.807, 2.05) is 0 Å². The Kier molecular flexibility index (Phi) is 7.35. The van der Waals surface area contributed by atoms with E-state index in [2.05, 4.69) is 19.9 Å². The molecule has 0 radical (unpaired) electrons. The normalized spacial score (nSPS) is 16.4. The Labute approximate surface area is 213 Å². The maximum Gasteiger partial charge on any atom is 0.407 e. The molecular formula is C25H30N6O6. The molecule has 3 aromatic heterocycles. The fourth-order valence-electron chi connectivity index (χ4n) is 4.79. The lowest BCUT2D eigenvalue weighted by Gasteiger charge is -2.37. The Morgan fingerprint density at radius 3 is 2.59 bits per heavy atom. The van der Waals surface area contributed by atoms with Crippen molar-refractivity contribution in [2.24, 2.45) is 0 Å². The molecule has 0 saturated carbocycles. The molecule has 0 unspecified atom stereocenters. The highest BCUT2D eigenvalue weighted by atomic mass is 16.5. The summed E-state index contributed by atoms with van der Waals surface area (Å²) >= 11 is 0. The standard InChI is InChI=1S/C25H30N6O6/c1-35-19-12-20-24(27-13-19)28-15-23(32)30(20)8-7-29-5-3-18(4-6-29)31(25(33)34)16-17-11-21-22(14-26-17)37-10-2-9-36-21/h11-15,18H,2-10,16H2,1H3,(H,33,34). The molecule has 2 aliphatic heterocycles. The van der Waals surface area contributed by atoms with Crippen molar-refractivity contribution in [1.82, 2.24) is 29.3 Å². The van der Waals surface area contributed by atoms with Crippen LogP contribution in [0.3, 0.4) is 0 Å². The van der Waals surface area contributed by atoms with Crippen molar-refractivity contribution in [3.63, 3.8) is 0 Å². The van der Waals surface area contributed by atoms with Gasteiger partial charge >= 0.3 is 6.09 Å². The lowest BCUT2D eigenvalue weighted by Crippen LogP contribution is -2.47. The number of pyridine rings is 2. The number of carboxylic acid groups (broad SMARTS) is 1. The van der Waals surface area contributed by atoms with E-state index in [9.17, 15) is 14.7 Å². The zero-order valence-corrected chi connectivity index (χ0v) is 20.7. The number of hydrogen-bond donors (Lipinski definition) is 1. The van der Waals surface area contributed by atoms with E-state index in [-0.39, 0.29) is 18.1 Å². The number of likely N-dealkylation sites (tertiary alicyclic amines) is 1. The van der Waals surface area contributed by atoms with Crippen LogP contribution in [0.15, 0.2) is 35.5 Å². The zero-order valence-electron chi connectivity index (χ0n) is 20.7. The van der Waals surface area contributed by atoms with E-state index in [4.69, 9.17) is 14.2 Å². The molecule has 37 heavy (non-hydrogen) atoms. The van der Waals surface area contributed by atoms with E-state index < -0.39 is 6.09 Å². The van der Waals surface area contributed by atoms with Gasteiger partial charge in [-0.3, -0.25) is 14.7 Å². The van der Waals surface area contributed by atoms with Crippen LogP contribution in [0, 0.1) is 0 Å². The summed E-state index contributed by atoms with van der Waals surface area (Å²) in [6, 6.07) is 3.41. The van der Waals surface area contributed by atoms with Crippen molar-refractivity contribution < 1.29 is 24.1 Å². The summed E-state index contributed by atoms with van der Waals surface area (Å²) in [6.45, 7) is 3.89. The fourth-order valence-corrected chi connectivity index (χ4v) is 4.79. The Hall–Kier alpha value is -3.93. The molecular weight excluding hydrogens is 480 g/mol. The average molecular weight is 511 g/mol. The van der Waals surface area contributed by atoms with Crippen LogP contribution >= 0.6 is 0 Å². The van der Waals surface area contributed by atoms with E-state index in [1.54, 1.807) is 36.2 Å². The number of nitrogens with zero attached hydrogens (tertiary/aromatic N) is 6.